The van der Waals surface area contributed by atoms with Gasteiger partial charge in [-0.25, -0.2) is 9.97 Å². The van der Waals surface area contributed by atoms with E-state index in [2.05, 4.69) is 26.9 Å². The maximum atomic E-state index is 5.75. The lowest BCUT2D eigenvalue weighted by molar-refractivity contribution is 0.461. The second kappa shape index (κ2) is 6.71. The molecule has 6 heteroatoms. The number of nitrogens with zero attached hydrogens (tertiary/aromatic N) is 4. The van der Waals surface area contributed by atoms with Crippen LogP contribution in [0.3, 0.4) is 0 Å². The average Bonchev–Trinajstić information content (AvgIpc) is 3.07. The van der Waals surface area contributed by atoms with E-state index in [1.807, 2.05) is 35.2 Å². The smallest absolute Gasteiger partial charge is 0.228 e. The molecule has 0 unspecified atom stereocenters. The fourth-order valence-corrected chi connectivity index (χ4v) is 2.05. The van der Waals surface area contributed by atoms with Gasteiger partial charge in [-0.2, -0.15) is 4.98 Å². The second-order valence-electron chi connectivity index (χ2n) is 4.70. The molecule has 2 aromatic heterocycles. The van der Waals surface area contributed by atoms with Gasteiger partial charge in [0.05, 0.1) is 18.6 Å². The molecule has 1 aromatic carbocycles. The molecule has 6 nitrogen and oxygen atoms in total. The summed E-state index contributed by atoms with van der Waals surface area (Å²) in [6, 6.07) is 11.3. The van der Waals surface area contributed by atoms with Gasteiger partial charge in [0, 0.05) is 25.0 Å². The lowest BCUT2D eigenvalue weighted by Gasteiger charge is -2.20. The molecule has 2 heterocycles. The summed E-state index contributed by atoms with van der Waals surface area (Å²) in [7, 11) is 0. The molecule has 0 bridgehead atoms. The van der Waals surface area contributed by atoms with Crippen molar-refractivity contribution in [2.24, 2.45) is 0 Å². The van der Waals surface area contributed by atoms with E-state index >= 15 is 0 Å². The van der Waals surface area contributed by atoms with Crippen LogP contribution in [0.5, 0.6) is 11.6 Å². The standard InChI is InChI=1S/C16H17N5O/c1-2-21(11-13-10-17-12-19-13)16-18-9-8-15(20-16)22-14-6-4-3-5-7-14/h3-10,12H,2,11H2,1H3,(H,17,19). The highest BCUT2D eigenvalue weighted by molar-refractivity contribution is 5.34. The topological polar surface area (TPSA) is 66.9 Å². The third kappa shape index (κ3) is 3.41. The van der Waals surface area contributed by atoms with E-state index in [4.69, 9.17) is 4.74 Å². The number of rotatable bonds is 6. The molecule has 0 aliphatic heterocycles. The second-order valence-corrected chi connectivity index (χ2v) is 4.70. The summed E-state index contributed by atoms with van der Waals surface area (Å²) in [5, 5.41) is 0. The molecular formula is C16H17N5O. The molecule has 1 N–H and O–H groups in total. The van der Waals surface area contributed by atoms with Crippen molar-refractivity contribution < 1.29 is 4.74 Å². The van der Waals surface area contributed by atoms with Crippen molar-refractivity contribution in [1.82, 2.24) is 19.9 Å². The molecule has 0 aliphatic rings. The normalized spacial score (nSPS) is 10.4. The van der Waals surface area contributed by atoms with Crippen molar-refractivity contribution in [1.29, 1.82) is 0 Å². The first-order valence-corrected chi connectivity index (χ1v) is 7.13. The number of imidazole rings is 1. The Kier molecular flexibility index (Phi) is 4.29. The Hall–Kier alpha value is -2.89. The van der Waals surface area contributed by atoms with Crippen LogP contribution in [-0.2, 0) is 6.54 Å². The lowest BCUT2D eigenvalue weighted by Crippen LogP contribution is -2.24. The minimum absolute atomic E-state index is 0.527. The summed E-state index contributed by atoms with van der Waals surface area (Å²) in [5.41, 5.74) is 1.01. The van der Waals surface area contributed by atoms with Gasteiger partial charge in [-0.3, -0.25) is 0 Å². The summed E-state index contributed by atoms with van der Waals surface area (Å²) in [6.45, 7) is 3.52. The summed E-state index contributed by atoms with van der Waals surface area (Å²) in [6.07, 6.45) is 5.17. The first-order chi connectivity index (χ1) is 10.8. The zero-order valence-corrected chi connectivity index (χ0v) is 12.3. The van der Waals surface area contributed by atoms with Gasteiger partial charge in [0.2, 0.25) is 11.8 Å². The molecule has 0 fully saturated rings. The van der Waals surface area contributed by atoms with Crippen LogP contribution in [0.1, 0.15) is 12.6 Å². The van der Waals surface area contributed by atoms with Crippen LogP contribution in [0.15, 0.2) is 55.1 Å². The van der Waals surface area contributed by atoms with Gasteiger partial charge in [-0.05, 0) is 19.1 Å². The summed E-state index contributed by atoms with van der Waals surface area (Å²) < 4.78 is 5.75. The van der Waals surface area contributed by atoms with Crippen LogP contribution in [-0.4, -0.2) is 26.5 Å². The summed E-state index contributed by atoms with van der Waals surface area (Å²) in [4.78, 5) is 18.0. The van der Waals surface area contributed by atoms with Crippen molar-refractivity contribution >= 4 is 5.95 Å². The van der Waals surface area contributed by atoms with Crippen LogP contribution >= 0.6 is 0 Å². The Morgan fingerprint density at radius 1 is 1.18 bits per heavy atom. The first kappa shape index (κ1) is 14.1. The predicted molar refractivity (Wildman–Crippen MR) is 83.9 cm³/mol. The molecule has 0 radical (unpaired) electrons. The highest BCUT2D eigenvalue weighted by Gasteiger charge is 2.10. The number of hydrogen-bond donors (Lipinski definition) is 1. The van der Waals surface area contributed by atoms with Crippen molar-refractivity contribution in [2.75, 3.05) is 11.4 Å². The largest absolute Gasteiger partial charge is 0.439 e. The third-order valence-electron chi connectivity index (χ3n) is 3.16. The molecule has 3 rings (SSSR count). The van der Waals surface area contributed by atoms with Gasteiger partial charge in [-0.1, -0.05) is 18.2 Å². The van der Waals surface area contributed by atoms with Gasteiger partial charge >= 0.3 is 0 Å². The van der Waals surface area contributed by atoms with Gasteiger partial charge in [0.1, 0.15) is 5.75 Å². The van der Waals surface area contributed by atoms with Crippen LogP contribution in [0.2, 0.25) is 0 Å². The molecule has 0 aliphatic carbocycles. The van der Waals surface area contributed by atoms with E-state index in [0.717, 1.165) is 18.0 Å². The minimum Gasteiger partial charge on any atom is -0.439 e. The number of para-hydroxylation sites is 1. The lowest BCUT2D eigenvalue weighted by atomic mass is 10.3. The van der Waals surface area contributed by atoms with Crippen molar-refractivity contribution in [3.8, 4) is 11.6 Å². The molecule has 0 saturated heterocycles. The van der Waals surface area contributed by atoms with E-state index in [1.54, 1.807) is 24.8 Å². The SMILES string of the molecule is CCN(Cc1cnc[nH]1)c1nccc(Oc2ccccc2)n1. The van der Waals surface area contributed by atoms with E-state index < -0.39 is 0 Å². The Bertz CT molecular complexity index is 700. The molecule has 0 saturated carbocycles. The van der Waals surface area contributed by atoms with Crippen LogP contribution in [0, 0.1) is 0 Å². The Morgan fingerprint density at radius 2 is 2.05 bits per heavy atom. The van der Waals surface area contributed by atoms with E-state index in [9.17, 15) is 0 Å². The number of hydrogen-bond acceptors (Lipinski definition) is 5. The average molecular weight is 295 g/mol. The van der Waals surface area contributed by atoms with Crippen molar-refractivity contribution in [3.05, 3.63) is 60.8 Å². The molecule has 0 spiro atoms. The number of nitrogens with one attached hydrogen (secondary N) is 1. The molecule has 22 heavy (non-hydrogen) atoms. The molecule has 0 atom stereocenters. The fraction of sp³-hybridized carbons (Fsp3) is 0.188. The zero-order chi connectivity index (χ0) is 15.2. The third-order valence-corrected chi connectivity index (χ3v) is 3.16. The van der Waals surface area contributed by atoms with Crippen molar-refractivity contribution in [3.63, 3.8) is 0 Å². The van der Waals surface area contributed by atoms with Gasteiger partial charge < -0.3 is 14.6 Å². The number of H-pyrrole nitrogens is 1. The molecule has 0 amide bonds. The fourth-order valence-electron chi connectivity index (χ4n) is 2.05. The highest BCUT2D eigenvalue weighted by atomic mass is 16.5. The zero-order valence-electron chi connectivity index (χ0n) is 12.3. The Balaban J connectivity index is 1.77. The first-order valence-electron chi connectivity index (χ1n) is 7.13. The van der Waals surface area contributed by atoms with Crippen LogP contribution in [0.25, 0.3) is 0 Å². The van der Waals surface area contributed by atoms with Crippen LogP contribution in [0.4, 0.5) is 5.95 Å². The highest BCUT2D eigenvalue weighted by Crippen LogP contribution is 2.20. The quantitative estimate of drug-likeness (QED) is 0.757. The molecular weight excluding hydrogens is 278 g/mol. The number of benzene rings is 1. The minimum atomic E-state index is 0.527. The predicted octanol–water partition coefficient (Wildman–Crippen LogP) is 3.02. The molecule has 112 valence electrons. The number of aromatic nitrogens is 4. The van der Waals surface area contributed by atoms with Crippen molar-refractivity contribution in [2.45, 2.75) is 13.5 Å². The monoisotopic (exact) mass is 295 g/mol. The molecule has 3 aromatic rings. The number of ether oxygens (including phenoxy) is 1. The van der Waals surface area contributed by atoms with E-state index in [-0.39, 0.29) is 0 Å². The van der Waals surface area contributed by atoms with Gasteiger partial charge in [0.15, 0.2) is 0 Å². The number of aromatic amines is 1. The van der Waals surface area contributed by atoms with Gasteiger partial charge in [-0.15, -0.1) is 0 Å². The van der Waals surface area contributed by atoms with E-state index in [0.29, 0.717) is 18.4 Å². The van der Waals surface area contributed by atoms with E-state index in [1.165, 1.54) is 0 Å². The summed E-state index contributed by atoms with van der Waals surface area (Å²) >= 11 is 0. The Labute approximate surface area is 128 Å². The van der Waals surface area contributed by atoms with Gasteiger partial charge in [0.25, 0.3) is 0 Å². The Morgan fingerprint density at radius 3 is 2.77 bits per heavy atom. The summed E-state index contributed by atoms with van der Waals surface area (Å²) in [5.74, 6) is 1.91. The maximum Gasteiger partial charge on any atom is 0.228 e. The maximum absolute atomic E-state index is 5.75. The van der Waals surface area contributed by atoms with Crippen LogP contribution < -0.4 is 9.64 Å². The number of anilines is 1.